The topological polar surface area (TPSA) is 0 Å². The standard InChI is InChI=1S/C23H42/c1-5-23(4)21-19-17-15-13-11-9-7-6-8-10-12-14-16-18-20-22(2)3/h1,23H,2,6-21H2,3-4H3. The van der Waals surface area contributed by atoms with Crippen LogP contribution >= 0.6 is 0 Å². The smallest absolute Gasteiger partial charge is 0.0171 e. The van der Waals surface area contributed by atoms with Crippen LogP contribution in [0.25, 0.3) is 0 Å². The number of allylic oxidation sites excluding steroid dienone is 1. The van der Waals surface area contributed by atoms with Crippen molar-refractivity contribution in [3.05, 3.63) is 12.2 Å². The highest BCUT2D eigenvalue weighted by Crippen LogP contribution is 2.15. The Morgan fingerprint density at radius 3 is 1.43 bits per heavy atom. The van der Waals surface area contributed by atoms with Gasteiger partial charge in [-0.3, -0.25) is 0 Å². The molecule has 0 heteroatoms. The molecular formula is C23H42. The molecule has 0 N–H and O–H groups in total. The van der Waals surface area contributed by atoms with Crippen LogP contribution in [-0.2, 0) is 0 Å². The van der Waals surface area contributed by atoms with Crippen molar-refractivity contribution in [1.82, 2.24) is 0 Å². The van der Waals surface area contributed by atoms with Crippen LogP contribution in [0.2, 0.25) is 0 Å². The summed E-state index contributed by atoms with van der Waals surface area (Å²) in [7, 11) is 0. The number of terminal acetylenes is 1. The maximum atomic E-state index is 5.39. The minimum atomic E-state index is 0.473. The first-order valence-corrected chi connectivity index (χ1v) is 10.3. The summed E-state index contributed by atoms with van der Waals surface area (Å²) < 4.78 is 0. The molecule has 0 aliphatic heterocycles. The largest absolute Gasteiger partial charge is 0.120 e. The molecule has 0 rings (SSSR count). The predicted molar refractivity (Wildman–Crippen MR) is 107 cm³/mol. The Labute approximate surface area is 147 Å². The monoisotopic (exact) mass is 318 g/mol. The first kappa shape index (κ1) is 22.3. The van der Waals surface area contributed by atoms with Gasteiger partial charge < -0.3 is 0 Å². The van der Waals surface area contributed by atoms with Gasteiger partial charge >= 0.3 is 0 Å². The highest BCUT2D eigenvalue weighted by molar-refractivity contribution is 4.89. The van der Waals surface area contributed by atoms with E-state index in [1.165, 1.54) is 108 Å². The van der Waals surface area contributed by atoms with Crippen molar-refractivity contribution in [2.75, 3.05) is 0 Å². The van der Waals surface area contributed by atoms with Crippen LogP contribution in [0.15, 0.2) is 12.2 Å². The van der Waals surface area contributed by atoms with Crippen LogP contribution in [0.5, 0.6) is 0 Å². The van der Waals surface area contributed by atoms with Crippen molar-refractivity contribution in [1.29, 1.82) is 0 Å². The van der Waals surface area contributed by atoms with Gasteiger partial charge in [-0.15, -0.1) is 18.9 Å². The molecule has 0 aromatic rings. The molecule has 23 heavy (non-hydrogen) atoms. The summed E-state index contributed by atoms with van der Waals surface area (Å²) in [5, 5.41) is 0. The molecule has 0 aliphatic rings. The van der Waals surface area contributed by atoms with Gasteiger partial charge in [0.1, 0.15) is 0 Å². The second kappa shape index (κ2) is 17.7. The fourth-order valence-corrected chi connectivity index (χ4v) is 3.08. The Hall–Kier alpha value is -0.700. The molecule has 0 bridgehead atoms. The number of hydrogen-bond acceptors (Lipinski definition) is 0. The fourth-order valence-electron chi connectivity index (χ4n) is 3.08. The molecule has 134 valence electrons. The predicted octanol–water partition coefficient (Wildman–Crippen LogP) is 8.07. The van der Waals surface area contributed by atoms with E-state index in [0.717, 1.165) is 0 Å². The lowest BCUT2D eigenvalue weighted by molar-refractivity contribution is 0.521. The van der Waals surface area contributed by atoms with Gasteiger partial charge in [-0.05, 0) is 26.2 Å². The van der Waals surface area contributed by atoms with E-state index in [2.05, 4.69) is 26.3 Å². The minimum absolute atomic E-state index is 0.473. The van der Waals surface area contributed by atoms with Crippen LogP contribution in [0.1, 0.15) is 117 Å². The lowest BCUT2D eigenvalue weighted by Gasteiger charge is -2.05. The molecule has 0 aliphatic carbocycles. The summed E-state index contributed by atoms with van der Waals surface area (Å²) in [5.41, 5.74) is 1.34. The van der Waals surface area contributed by atoms with Crippen molar-refractivity contribution in [2.45, 2.75) is 117 Å². The summed E-state index contributed by atoms with van der Waals surface area (Å²) in [6, 6.07) is 0. The van der Waals surface area contributed by atoms with Gasteiger partial charge in [0, 0.05) is 5.92 Å². The van der Waals surface area contributed by atoms with Crippen molar-refractivity contribution in [2.24, 2.45) is 5.92 Å². The van der Waals surface area contributed by atoms with Crippen molar-refractivity contribution < 1.29 is 0 Å². The van der Waals surface area contributed by atoms with E-state index < -0.39 is 0 Å². The van der Waals surface area contributed by atoms with Crippen LogP contribution < -0.4 is 0 Å². The summed E-state index contributed by atoms with van der Waals surface area (Å²) in [6.07, 6.45) is 27.6. The molecule has 0 fully saturated rings. The molecule has 0 saturated carbocycles. The average molecular weight is 319 g/mol. The maximum absolute atomic E-state index is 5.39. The molecule has 0 radical (unpaired) electrons. The summed E-state index contributed by atoms with van der Waals surface area (Å²) in [6.45, 7) is 8.26. The quantitative estimate of drug-likeness (QED) is 0.144. The van der Waals surface area contributed by atoms with Crippen molar-refractivity contribution >= 4 is 0 Å². The highest BCUT2D eigenvalue weighted by atomic mass is 14.0. The third-order valence-corrected chi connectivity index (χ3v) is 4.78. The van der Waals surface area contributed by atoms with E-state index in [0.29, 0.717) is 5.92 Å². The average Bonchev–Trinajstić information content (AvgIpc) is 2.53. The number of rotatable bonds is 17. The normalized spacial score (nSPS) is 12.0. The van der Waals surface area contributed by atoms with Crippen LogP contribution in [0.3, 0.4) is 0 Å². The van der Waals surface area contributed by atoms with Gasteiger partial charge in [0.2, 0.25) is 0 Å². The maximum Gasteiger partial charge on any atom is 0.0171 e. The summed E-state index contributed by atoms with van der Waals surface area (Å²) in [4.78, 5) is 0. The van der Waals surface area contributed by atoms with Crippen molar-refractivity contribution in [3.63, 3.8) is 0 Å². The molecule has 0 aromatic carbocycles. The Morgan fingerprint density at radius 2 is 1.09 bits per heavy atom. The van der Waals surface area contributed by atoms with E-state index >= 15 is 0 Å². The van der Waals surface area contributed by atoms with E-state index in [9.17, 15) is 0 Å². The SMILES string of the molecule is C#CC(C)CCCCCCCCCCCCCCCCC(=C)C. The van der Waals surface area contributed by atoms with Crippen LogP contribution in [0, 0.1) is 18.3 Å². The molecule has 1 atom stereocenters. The van der Waals surface area contributed by atoms with Crippen molar-refractivity contribution in [3.8, 4) is 12.3 Å². The molecule has 0 heterocycles. The van der Waals surface area contributed by atoms with Gasteiger partial charge in [0.15, 0.2) is 0 Å². The second-order valence-electron chi connectivity index (χ2n) is 7.51. The van der Waals surface area contributed by atoms with Gasteiger partial charge in [0.25, 0.3) is 0 Å². The molecule has 1 unspecified atom stereocenters. The Bertz CT molecular complexity index is 294. The second-order valence-corrected chi connectivity index (χ2v) is 7.51. The molecule has 0 nitrogen and oxygen atoms in total. The Balaban J connectivity index is 3.03. The van der Waals surface area contributed by atoms with Crippen LogP contribution in [-0.4, -0.2) is 0 Å². The van der Waals surface area contributed by atoms with E-state index in [1.807, 2.05) is 0 Å². The third kappa shape index (κ3) is 19.3. The van der Waals surface area contributed by atoms with Crippen LogP contribution in [0.4, 0.5) is 0 Å². The highest BCUT2D eigenvalue weighted by Gasteiger charge is 1.97. The van der Waals surface area contributed by atoms with Gasteiger partial charge in [-0.25, -0.2) is 0 Å². The minimum Gasteiger partial charge on any atom is -0.120 e. The fraction of sp³-hybridized carbons (Fsp3) is 0.826. The molecule has 0 amide bonds. The third-order valence-electron chi connectivity index (χ3n) is 4.78. The Kier molecular flexibility index (Phi) is 17.1. The first-order valence-electron chi connectivity index (χ1n) is 10.3. The van der Waals surface area contributed by atoms with Gasteiger partial charge in [0.05, 0.1) is 0 Å². The lowest BCUT2D eigenvalue weighted by atomic mass is 10.0. The molecular weight excluding hydrogens is 276 g/mol. The number of unbranched alkanes of at least 4 members (excludes halogenated alkanes) is 13. The van der Waals surface area contributed by atoms with E-state index in [1.54, 1.807) is 0 Å². The molecule has 0 spiro atoms. The molecule has 0 aromatic heterocycles. The van der Waals surface area contributed by atoms with Gasteiger partial charge in [-0.1, -0.05) is 96.0 Å². The van der Waals surface area contributed by atoms with Gasteiger partial charge in [-0.2, -0.15) is 0 Å². The molecule has 0 saturated heterocycles. The number of hydrogen-bond donors (Lipinski definition) is 0. The van der Waals surface area contributed by atoms with E-state index in [-0.39, 0.29) is 0 Å². The Morgan fingerprint density at radius 1 is 0.739 bits per heavy atom. The zero-order valence-electron chi connectivity index (χ0n) is 16.2. The first-order chi connectivity index (χ1) is 11.2. The summed E-state index contributed by atoms with van der Waals surface area (Å²) >= 11 is 0. The summed E-state index contributed by atoms with van der Waals surface area (Å²) in [5.74, 6) is 3.29. The van der Waals surface area contributed by atoms with E-state index in [4.69, 9.17) is 6.42 Å². The zero-order valence-corrected chi connectivity index (χ0v) is 16.2. The zero-order chi connectivity index (χ0) is 17.2. The lowest BCUT2D eigenvalue weighted by Crippen LogP contribution is -1.89.